The van der Waals surface area contributed by atoms with E-state index in [0.717, 1.165) is 48.3 Å². The van der Waals surface area contributed by atoms with E-state index in [2.05, 4.69) is 4.98 Å². The van der Waals surface area contributed by atoms with Crippen molar-refractivity contribution in [1.82, 2.24) is 9.88 Å². The number of aromatic nitrogens is 1. The zero-order valence-corrected chi connectivity index (χ0v) is 16.8. The molecule has 1 aromatic heterocycles. The predicted octanol–water partition coefficient (Wildman–Crippen LogP) is 4.65. The SMILES string of the molecule is COc1ccc2nc(OC3CCN(C(=O)CC4CCCCC4)CC3)sc2c1. The van der Waals surface area contributed by atoms with Crippen LogP contribution in [0.4, 0.5) is 0 Å². The molecular weight excluding hydrogens is 360 g/mol. The number of carbonyl (C=O) groups is 1. The lowest BCUT2D eigenvalue weighted by atomic mass is 9.86. The summed E-state index contributed by atoms with van der Waals surface area (Å²) in [7, 11) is 1.67. The molecule has 2 aliphatic rings. The van der Waals surface area contributed by atoms with E-state index in [1.54, 1.807) is 18.4 Å². The average Bonchev–Trinajstić information content (AvgIpc) is 3.10. The molecule has 2 fully saturated rings. The molecule has 0 unspecified atom stereocenters. The molecule has 6 heteroatoms. The van der Waals surface area contributed by atoms with Crippen LogP contribution in [0.5, 0.6) is 10.9 Å². The predicted molar refractivity (Wildman–Crippen MR) is 108 cm³/mol. The summed E-state index contributed by atoms with van der Waals surface area (Å²) in [6.45, 7) is 1.60. The molecule has 1 amide bonds. The molecule has 2 aromatic rings. The van der Waals surface area contributed by atoms with Gasteiger partial charge in [0, 0.05) is 32.4 Å². The Kier molecular flexibility index (Phi) is 5.81. The number of nitrogens with zero attached hydrogens (tertiary/aromatic N) is 2. The van der Waals surface area contributed by atoms with Crippen LogP contribution in [-0.4, -0.2) is 42.1 Å². The zero-order chi connectivity index (χ0) is 18.6. The van der Waals surface area contributed by atoms with Gasteiger partial charge in [0.25, 0.3) is 5.19 Å². The fourth-order valence-electron chi connectivity index (χ4n) is 4.19. The van der Waals surface area contributed by atoms with E-state index in [-0.39, 0.29) is 6.10 Å². The number of hydrogen-bond acceptors (Lipinski definition) is 5. The van der Waals surface area contributed by atoms with Crippen LogP contribution >= 0.6 is 11.3 Å². The van der Waals surface area contributed by atoms with Crippen molar-refractivity contribution in [3.63, 3.8) is 0 Å². The monoisotopic (exact) mass is 388 g/mol. The molecule has 0 bridgehead atoms. The van der Waals surface area contributed by atoms with E-state index < -0.39 is 0 Å². The number of benzene rings is 1. The summed E-state index contributed by atoms with van der Waals surface area (Å²) in [6.07, 6.45) is 9.04. The van der Waals surface area contributed by atoms with Crippen LogP contribution in [0, 0.1) is 5.92 Å². The van der Waals surface area contributed by atoms with Gasteiger partial charge in [-0.25, -0.2) is 4.98 Å². The number of rotatable bonds is 5. The van der Waals surface area contributed by atoms with Crippen LogP contribution in [0.3, 0.4) is 0 Å². The van der Waals surface area contributed by atoms with Gasteiger partial charge < -0.3 is 14.4 Å². The van der Waals surface area contributed by atoms with Crippen LogP contribution in [-0.2, 0) is 4.79 Å². The Morgan fingerprint density at radius 1 is 1.19 bits per heavy atom. The highest BCUT2D eigenvalue weighted by molar-refractivity contribution is 7.20. The third kappa shape index (κ3) is 4.54. The van der Waals surface area contributed by atoms with Crippen LogP contribution in [0.15, 0.2) is 18.2 Å². The molecule has 0 spiro atoms. The normalized spacial score (nSPS) is 19.4. The molecule has 1 aromatic carbocycles. The summed E-state index contributed by atoms with van der Waals surface area (Å²) in [5, 5.41) is 0.713. The van der Waals surface area contributed by atoms with Gasteiger partial charge in [-0.3, -0.25) is 4.79 Å². The zero-order valence-electron chi connectivity index (χ0n) is 16.0. The molecule has 1 aliphatic carbocycles. The first-order chi connectivity index (χ1) is 13.2. The topological polar surface area (TPSA) is 51.7 Å². The minimum atomic E-state index is 0.145. The minimum Gasteiger partial charge on any atom is -0.497 e. The second-order valence-electron chi connectivity index (χ2n) is 7.72. The van der Waals surface area contributed by atoms with Gasteiger partial charge in [-0.15, -0.1) is 0 Å². The lowest BCUT2D eigenvalue weighted by Gasteiger charge is -2.33. The smallest absolute Gasteiger partial charge is 0.274 e. The lowest BCUT2D eigenvalue weighted by Crippen LogP contribution is -2.42. The van der Waals surface area contributed by atoms with Crippen molar-refractivity contribution in [2.24, 2.45) is 5.92 Å². The fourth-order valence-corrected chi connectivity index (χ4v) is 5.10. The highest BCUT2D eigenvalue weighted by Crippen LogP contribution is 2.32. The standard InChI is InChI=1S/C21H28N2O3S/c1-25-17-7-8-18-19(14-17)27-21(22-18)26-16-9-11-23(12-10-16)20(24)13-15-5-3-2-4-6-15/h7-8,14-16H,2-6,9-13H2,1H3. The van der Waals surface area contributed by atoms with Crippen molar-refractivity contribution in [2.45, 2.75) is 57.5 Å². The maximum absolute atomic E-state index is 12.6. The van der Waals surface area contributed by atoms with Gasteiger partial charge in [-0.05, 0) is 37.0 Å². The number of thiazole rings is 1. The number of fused-ring (bicyclic) bond motifs is 1. The molecule has 1 saturated heterocycles. The maximum atomic E-state index is 12.6. The number of carbonyl (C=O) groups excluding carboxylic acids is 1. The molecule has 27 heavy (non-hydrogen) atoms. The minimum absolute atomic E-state index is 0.145. The second kappa shape index (κ2) is 8.46. The Morgan fingerprint density at radius 3 is 2.70 bits per heavy atom. The van der Waals surface area contributed by atoms with Gasteiger partial charge in [0.05, 0.1) is 17.3 Å². The average molecular weight is 389 g/mol. The Balaban J connectivity index is 1.28. The van der Waals surface area contributed by atoms with Gasteiger partial charge in [0.15, 0.2) is 0 Å². The van der Waals surface area contributed by atoms with Crippen LogP contribution in [0.25, 0.3) is 10.2 Å². The van der Waals surface area contributed by atoms with Crippen molar-refractivity contribution in [2.75, 3.05) is 20.2 Å². The summed E-state index contributed by atoms with van der Waals surface area (Å²) < 4.78 is 12.5. The fraction of sp³-hybridized carbons (Fsp3) is 0.619. The molecule has 146 valence electrons. The van der Waals surface area contributed by atoms with E-state index in [4.69, 9.17) is 9.47 Å². The first-order valence-corrected chi connectivity index (χ1v) is 10.9. The number of hydrogen-bond donors (Lipinski definition) is 0. The van der Waals surface area contributed by atoms with Gasteiger partial charge in [0.1, 0.15) is 11.9 Å². The number of piperidine rings is 1. The molecule has 1 saturated carbocycles. The molecule has 0 atom stereocenters. The Morgan fingerprint density at radius 2 is 1.96 bits per heavy atom. The summed E-state index contributed by atoms with van der Waals surface area (Å²) in [5.41, 5.74) is 0.941. The summed E-state index contributed by atoms with van der Waals surface area (Å²) >= 11 is 1.56. The van der Waals surface area contributed by atoms with Crippen molar-refractivity contribution >= 4 is 27.5 Å². The largest absolute Gasteiger partial charge is 0.497 e. The van der Waals surface area contributed by atoms with E-state index in [1.807, 2.05) is 23.1 Å². The summed E-state index contributed by atoms with van der Waals surface area (Å²) in [5.74, 6) is 1.79. The summed E-state index contributed by atoms with van der Waals surface area (Å²) in [6, 6.07) is 5.87. The van der Waals surface area contributed by atoms with Crippen molar-refractivity contribution < 1.29 is 14.3 Å². The number of amides is 1. The van der Waals surface area contributed by atoms with E-state index in [1.165, 1.54) is 32.1 Å². The first-order valence-electron chi connectivity index (χ1n) is 10.1. The van der Waals surface area contributed by atoms with Gasteiger partial charge in [0.2, 0.25) is 5.91 Å². The molecule has 5 nitrogen and oxygen atoms in total. The van der Waals surface area contributed by atoms with Crippen LogP contribution < -0.4 is 9.47 Å². The maximum Gasteiger partial charge on any atom is 0.274 e. The van der Waals surface area contributed by atoms with E-state index >= 15 is 0 Å². The van der Waals surface area contributed by atoms with Gasteiger partial charge in [-0.2, -0.15) is 0 Å². The number of ether oxygens (including phenoxy) is 2. The first kappa shape index (κ1) is 18.5. The van der Waals surface area contributed by atoms with E-state index in [0.29, 0.717) is 17.0 Å². The molecule has 1 aliphatic heterocycles. The van der Waals surface area contributed by atoms with Crippen LogP contribution in [0.2, 0.25) is 0 Å². The molecule has 2 heterocycles. The molecule has 0 radical (unpaired) electrons. The third-order valence-corrected chi connectivity index (χ3v) is 6.74. The Labute approximate surface area is 164 Å². The lowest BCUT2D eigenvalue weighted by molar-refractivity contribution is -0.134. The Hall–Kier alpha value is -1.82. The highest BCUT2D eigenvalue weighted by Gasteiger charge is 2.26. The van der Waals surface area contributed by atoms with E-state index in [9.17, 15) is 4.79 Å². The number of methoxy groups -OCH3 is 1. The summed E-state index contributed by atoms with van der Waals surface area (Å²) in [4.78, 5) is 19.2. The molecular formula is C21H28N2O3S. The van der Waals surface area contributed by atoms with Gasteiger partial charge >= 0.3 is 0 Å². The molecule has 0 N–H and O–H groups in total. The van der Waals surface area contributed by atoms with Crippen molar-refractivity contribution in [3.8, 4) is 10.9 Å². The number of likely N-dealkylation sites (tertiary alicyclic amines) is 1. The molecule has 4 rings (SSSR count). The quantitative estimate of drug-likeness (QED) is 0.748. The van der Waals surface area contributed by atoms with Gasteiger partial charge in [-0.1, -0.05) is 30.6 Å². The van der Waals surface area contributed by atoms with Crippen molar-refractivity contribution in [3.05, 3.63) is 18.2 Å². The highest BCUT2D eigenvalue weighted by atomic mass is 32.1. The second-order valence-corrected chi connectivity index (χ2v) is 8.71. The van der Waals surface area contributed by atoms with Crippen LogP contribution in [0.1, 0.15) is 51.4 Å². The Bertz CT molecular complexity index is 777. The van der Waals surface area contributed by atoms with Crippen molar-refractivity contribution in [1.29, 1.82) is 0 Å². The third-order valence-electron chi connectivity index (χ3n) is 5.83.